The minimum atomic E-state index is -0.909. The molecule has 0 bridgehead atoms. The summed E-state index contributed by atoms with van der Waals surface area (Å²) in [5, 5.41) is 15.6. The number of benzene rings is 2. The van der Waals surface area contributed by atoms with Crippen LogP contribution in [0.3, 0.4) is 0 Å². The normalized spacial score (nSPS) is 20.4. The van der Waals surface area contributed by atoms with Crippen molar-refractivity contribution in [2.75, 3.05) is 6.61 Å². The van der Waals surface area contributed by atoms with Crippen LogP contribution in [0.1, 0.15) is 37.6 Å². The molecule has 6 heteroatoms. The summed E-state index contributed by atoms with van der Waals surface area (Å²) in [6.07, 6.45) is 0. The molecule has 0 fully saturated rings. The molecule has 3 heterocycles. The highest BCUT2D eigenvalue weighted by molar-refractivity contribution is 7.08. The minimum absolute atomic E-state index is 0.132. The average Bonchev–Trinajstić information content (AvgIpc) is 3.36. The van der Waals surface area contributed by atoms with Gasteiger partial charge in [0.05, 0.1) is 12.1 Å². The van der Waals surface area contributed by atoms with Gasteiger partial charge in [-0.05, 0) is 53.6 Å². The van der Waals surface area contributed by atoms with E-state index < -0.39 is 22.7 Å². The first-order valence-electron chi connectivity index (χ1n) is 9.73. The van der Waals surface area contributed by atoms with E-state index in [1.165, 1.54) is 6.07 Å². The molecule has 4 aromatic rings. The molecule has 1 atom stereocenters. The molecule has 0 amide bonds. The maximum Gasteiger partial charge on any atom is 0.160 e. The zero-order chi connectivity index (χ0) is 21.3. The highest BCUT2D eigenvalue weighted by atomic mass is 32.1. The van der Waals surface area contributed by atoms with Gasteiger partial charge >= 0.3 is 0 Å². The van der Waals surface area contributed by atoms with Crippen molar-refractivity contribution in [2.45, 2.75) is 31.8 Å². The Bertz CT molecular complexity index is 1280. The molecule has 0 aliphatic carbocycles. The lowest BCUT2D eigenvalue weighted by molar-refractivity contribution is -0.0434. The number of aromatic hydroxyl groups is 1. The highest BCUT2D eigenvalue weighted by Gasteiger charge is 2.47. The fraction of sp³-hybridized carbons (Fsp3) is 0.250. The molecule has 3 nitrogen and oxygen atoms in total. The highest BCUT2D eigenvalue weighted by Crippen LogP contribution is 2.52. The van der Waals surface area contributed by atoms with Crippen molar-refractivity contribution in [3.8, 4) is 11.4 Å². The first kappa shape index (κ1) is 19.3. The third-order valence-corrected chi connectivity index (χ3v) is 6.73. The van der Waals surface area contributed by atoms with Gasteiger partial charge < -0.3 is 14.4 Å². The van der Waals surface area contributed by atoms with Gasteiger partial charge in [0.1, 0.15) is 11.4 Å². The molecule has 30 heavy (non-hydrogen) atoms. The van der Waals surface area contributed by atoms with E-state index in [9.17, 15) is 13.9 Å². The second-order valence-corrected chi connectivity index (χ2v) is 9.33. The number of fused-ring (bicyclic) bond motifs is 3. The largest absolute Gasteiger partial charge is 0.507 e. The second-order valence-electron chi connectivity index (χ2n) is 8.55. The standard InChI is InChI=1S/C24H21F2NO2S/c1-23(2)13-29-24(3,14-9-10-30-12-14)21-20-18(5-4-6-19(20)28)27(22(21)23)15-7-8-16(25)17(26)11-15/h4-12,28H,13H2,1-3H3. The lowest BCUT2D eigenvalue weighted by Gasteiger charge is -2.42. The molecular formula is C24H21F2NO2S. The Hall–Kier alpha value is -2.70. The molecule has 1 aliphatic heterocycles. The van der Waals surface area contributed by atoms with E-state index >= 15 is 0 Å². The number of halogens is 2. The van der Waals surface area contributed by atoms with E-state index in [1.807, 2.05) is 34.4 Å². The number of rotatable bonds is 2. The Labute approximate surface area is 177 Å². The Balaban J connectivity index is 1.97. The van der Waals surface area contributed by atoms with Crippen LogP contribution in [0.4, 0.5) is 8.78 Å². The van der Waals surface area contributed by atoms with Crippen LogP contribution in [0.25, 0.3) is 16.6 Å². The summed E-state index contributed by atoms with van der Waals surface area (Å²) in [6.45, 7) is 6.56. The number of thiophene rings is 1. The van der Waals surface area contributed by atoms with E-state index in [0.29, 0.717) is 17.7 Å². The maximum atomic E-state index is 14.2. The van der Waals surface area contributed by atoms with Gasteiger partial charge in [0.15, 0.2) is 11.6 Å². The summed E-state index contributed by atoms with van der Waals surface area (Å²) in [5.41, 5.74) is 2.80. The van der Waals surface area contributed by atoms with Gasteiger partial charge in [0.25, 0.3) is 0 Å². The minimum Gasteiger partial charge on any atom is -0.507 e. The number of ether oxygens (including phenoxy) is 1. The van der Waals surface area contributed by atoms with Crippen molar-refractivity contribution in [1.29, 1.82) is 0 Å². The van der Waals surface area contributed by atoms with Gasteiger partial charge in [-0.3, -0.25) is 0 Å². The molecule has 1 unspecified atom stereocenters. The monoisotopic (exact) mass is 425 g/mol. The first-order valence-corrected chi connectivity index (χ1v) is 10.7. The first-order chi connectivity index (χ1) is 14.2. The summed E-state index contributed by atoms with van der Waals surface area (Å²) in [6, 6.07) is 11.2. The Morgan fingerprint density at radius 1 is 1.07 bits per heavy atom. The molecule has 2 aromatic heterocycles. The van der Waals surface area contributed by atoms with E-state index in [1.54, 1.807) is 29.5 Å². The topological polar surface area (TPSA) is 34.4 Å². The van der Waals surface area contributed by atoms with Crippen LogP contribution >= 0.6 is 11.3 Å². The molecule has 0 saturated carbocycles. The zero-order valence-electron chi connectivity index (χ0n) is 16.9. The van der Waals surface area contributed by atoms with Crippen LogP contribution in [0.15, 0.2) is 53.2 Å². The summed E-state index contributed by atoms with van der Waals surface area (Å²) >= 11 is 1.58. The van der Waals surface area contributed by atoms with Crippen LogP contribution in [0.5, 0.6) is 5.75 Å². The predicted octanol–water partition coefficient (Wildman–Crippen LogP) is 6.25. The quantitative estimate of drug-likeness (QED) is 0.412. The van der Waals surface area contributed by atoms with E-state index in [4.69, 9.17) is 4.74 Å². The Morgan fingerprint density at radius 2 is 1.87 bits per heavy atom. The molecule has 0 saturated heterocycles. The predicted molar refractivity (Wildman–Crippen MR) is 115 cm³/mol. The molecule has 5 rings (SSSR count). The van der Waals surface area contributed by atoms with Gasteiger partial charge in [-0.2, -0.15) is 11.3 Å². The van der Waals surface area contributed by atoms with Crippen molar-refractivity contribution in [2.24, 2.45) is 0 Å². The molecule has 0 radical (unpaired) electrons. The summed E-state index contributed by atoms with van der Waals surface area (Å²) < 4.78 is 36.3. The van der Waals surface area contributed by atoms with E-state index in [-0.39, 0.29) is 5.75 Å². The van der Waals surface area contributed by atoms with Crippen LogP contribution in [0, 0.1) is 11.6 Å². The van der Waals surface area contributed by atoms with E-state index in [2.05, 4.69) is 13.8 Å². The third kappa shape index (κ3) is 2.57. The zero-order valence-corrected chi connectivity index (χ0v) is 17.7. The smallest absolute Gasteiger partial charge is 0.160 e. The van der Waals surface area contributed by atoms with Crippen LogP contribution < -0.4 is 0 Å². The van der Waals surface area contributed by atoms with Crippen molar-refractivity contribution < 1.29 is 18.6 Å². The van der Waals surface area contributed by atoms with E-state index in [0.717, 1.165) is 28.4 Å². The van der Waals surface area contributed by atoms with Crippen LogP contribution in [-0.2, 0) is 15.8 Å². The lowest BCUT2D eigenvalue weighted by atomic mass is 9.76. The number of aromatic nitrogens is 1. The lowest BCUT2D eigenvalue weighted by Crippen LogP contribution is -2.42. The fourth-order valence-corrected chi connectivity index (χ4v) is 5.30. The van der Waals surface area contributed by atoms with Crippen LogP contribution in [0.2, 0.25) is 0 Å². The molecular weight excluding hydrogens is 404 g/mol. The van der Waals surface area contributed by atoms with Crippen molar-refractivity contribution in [1.82, 2.24) is 4.57 Å². The Morgan fingerprint density at radius 3 is 2.57 bits per heavy atom. The number of phenols is 1. The second kappa shape index (κ2) is 6.40. The van der Waals surface area contributed by atoms with Gasteiger partial charge in [0.2, 0.25) is 0 Å². The average molecular weight is 426 g/mol. The molecule has 1 N–H and O–H groups in total. The number of hydrogen-bond acceptors (Lipinski definition) is 3. The third-order valence-electron chi connectivity index (χ3n) is 6.05. The van der Waals surface area contributed by atoms with Crippen molar-refractivity contribution in [3.63, 3.8) is 0 Å². The molecule has 2 aromatic carbocycles. The van der Waals surface area contributed by atoms with Gasteiger partial charge in [-0.15, -0.1) is 0 Å². The number of hydrogen-bond donors (Lipinski definition) is 1. The molecule has 0 spiro atoms. The summed E-state index contributed by atoms with van der Waals surface area (Å²) in [5.74, 6) is -1.67. The SMILES string of the molecule is CC1(C)COC(C)(c2ccsc2)c2c1n(-c1ccc(F)c(F)c1)c1cccc(O)c21. The van der Waals surface area contributed by atoms with Gasteiger partial charge in [-0.25, -0.2) is 8.78 Å². The van der Waals surface area contributed by atoms with Gasteiger partial charge in [0, 0.05) is 33.8 Å². The number of nitrogens with zero attached hydrogens (tertiary/aromatic N) is 1. The van der Waals surface area contributed by atoms with Crippen molar-refractivity contribution in [3.05, 3.63) is 81.7 Å². The van der Waals surface area contributed by atoms with Crippen LogP contribution in [-0.4, -0.2) is 16.3 Å². The van der Waals surface area contributed by atoms with Crippen molar-refractivity contribution >= 4 is 22.2 Å². The Kier molecular flexibility index (Phi) is 4.11. The number of phenolic OH excluding ortho intramolecular Hbond substituents is 1. The summed E-state index contributed by atoms with van der Waals surface area (Å²) in [4.78, 5) is 0. The molecule has 1 aliphatic rings. The summed E-state index contributed by atoms with van der Waals surface area (Å²) in [7, 11) is 0. The maximum absolute atomic E-state index is 14.2. The van der Waals surface area contributed by atoms with Gasteiger partial charge in [-0.1, -0.05) is 19.9 Å². The fourth-order valence-electron chi connectivity index (χ4n) is 4.55. The molecule has 154 valence electrons.